The van der Waals surface area contributed by atoms with Gasteiger partial charge in [0.2, 0.25) is 9.84 Å². The average molecular weight is 371 g/mol. The maximum absolute atomic E-state index is 12.9. The van der Waals surface area contributed by atoms with E-state index in [2.05, 4.69) is 12.1 Å². The number of fused-ring (bicyclic) bond motifs is 2. The molecule has 3 aromatic carbocycles. The van der Waals surface area contributed by atoms with Crippen molar-refractivity contribution in [2.75, 3.05) is 0 Å². The lowest BCUT2D eigenvalue weighted by Gasteiger charge is -2.18. The van der Waals surface area contributed by atoms with E-state index in [0.717, 1.165) is 15.4 Å². The second-order valence-corrected chi connectivity index (χ2v) is 9.69. The molecule has 2 nitrogen and oxygen atoms in total. The fraction of sp³-hybridized carbons (Fsp3) is 0.0526. The van der Waals surface area contributed by atoms with Crippen LogP contribution >= 0.6 is 23.5 Å². The number of hydrogen-bond donors (Lipinski definition) is 0. The van der Waals surface area contributed by atoms with Crippen molar-refractivity contribution in [3.05, 3.63) is 72.3 Å². The molecule has 5 heteroatoms. The maximum atomic E-state index is 12.9. The van der Waals surface area contributed by atoms with E-state index in [4.69, 9.17) is 0 Å². The first-order chi connectivity index (χ1) is 11.5. The van der Waals surface area contributed by atoms with Crippen molar-refractivity contribution in [1.29, 1.82) is 0 Å². The summed E-state index contributed by atoms with van der Waals surface area (Å²) in [7, 11) is -3.49. The van der Waals surface area contributed by atoms with Gasteiger partial charge in [-0.2, -0.15) is 0 Å². The van der Waals surface area contributed by atoms with Gasteiger partial charge in [-0.05, 0) is 49.4 Å². The third-order valence-electron chi connectivity index (χ3n) is 3.85. The minimum absolute atomic E-state index is 0.335. The number of hydrogen-bond acceptors (Lipinski definition) is 4. The van der Waals surface area contributed by atoms with E-state index < -0.39 is 9.84 Å². The van der Waals surface area contributed by atoms with E-state index in [-0.39, 0.29) is 0 Å². The van der Waals surface area contributed by atoms with Crippen molar-refractivity contribution in [3.8, 4) is 0 Å². The van der Waals surface area contributed by atoms with Crippen molar-refractivity contribution in [2.24, 2.45) is 0 Å². The lowest BCUT2D eigenvalue weighted by molar-refractivity contribution is 0.595. The van der Waals surface area contributed by atoms with Gasteiger partial charge in [0.05, 0.1) is 9.79 Å². The van der Waals surface area contributed by atoms with Gasteiger partial charge in [0, 0.05) is 19.6 Å². The Morgan fingerprint density at radius 1 is 0.667 bits per heavy atom. The third-order valence-corrected chi connectivity index (χ3v) is 8.16. The number of benzene rings is 3. The molecule has 0 fully saturated rings. The quantitative estimate of drug-likeness (QED) is 0.470. The Morgan fingerprint density at radius 2 is 1.21 bits per heavy atom. The zero-order chi connectivity index (χ0) is 16.7. The van der Waals surface area contributed by atoms with Crippen molar-refractivity contribution in [2.45, 2.75) is 36.3 Å². The fourth-order valence-electron chi connectivity index (χ4n) is 2.53. The Labute approximate surface area is 150 Å². The minimum Gasteiger partial charge on any atom is -0.219 e. The number of aryl methyl sites for hydroxylation is 1. The summed E-state index contributed by atoms with van der Waals surface area (Å²) in [6.07, 6.45) is 0. The lowest BCUT2D eigenvalue weighted by atomic mass is 10.2. The summed E-state index contributed by atoms with van der Waals surface area (Å²) in [5.41, 5.74) is 1.04. The van der Waals surface area contributed by atoms with Crippen LogP contribution in [0.4, 0.5) is 0 Å². The zero-order valence-electron chi connectivity index (χ0n) is 12.9. The molecule has 0 saturated heterocycles. The number of rotatable bonds is 2. The third kappa shape index (κ3) is 2.77. The molecule has 24 heavy (non-hydrogen) atoms. The van der Waals surface area contributed by atoms with Gasteiger partial charge in [0.1, 0.15) is 0 Å². The molecule has 4 rings (SSSR count). The summed E-state index contributed by atoms with van der Waals surface area (Å²) >= 11 is 3.31. The second-order valence-electron chi connectivity index (χ2n) is 5.58. The first-order valence-corrected chi connectivity index (χ1v) is 10.6. The summed E-state index contributed by atoms with van der Waals surface area (Å²) in [5.74, 6) is 0. The van der Waals surface area contributed by atoms with E-state index in [1.54, 1.807) is 47.8 Å². The molecule has 120 valence electrons. The predicted octanol–water partition coefficient (Wildman–Crippen LogP) is 5.44. The first-order valence-electron chi connectivity index (χ1n) is 7.44. The van der Waals surface area contributed by atoms with Gasteiger partial charge in [-0.3, -0.25) is 0 Å². The van der Waals surface area contributed by atoms with Crippen LogP contribution < -0.4 is 0 Å². The predicted molar refractivity (Wildman–Crippen MR) is 97.8 cm³/mol. The van der Waals surface area contributed by atoms with Gasteiger partial charge in [0.25, 0.3) is 0 Å². The van der Waals surface area contributed by atoms with Crippen LogP contribution in [-0.4, -0.2) is 8.42 Å². The highest BCUT2D eigenvalue weighted by atomic mass is 32.2. The largest absolute Gasteiger partial charge is 0.219 e. The molecule has 1 heterocycles. The Morgan fingerprint density at radius 3 is 1.88 bits per heavy atom. The van der Waals surface area contributed by atoms with Crippen molar-refractivity contribution in [3.63, 3.8) is 0 Å². The summed E-state index contributed by atoms with van der Waals surface area (Å²) in [6, 6.07) is 20.6. The van der Waals surface area contributed by atoms with E-state index >= 15 is 0 Å². The lowest BCUT2D eigenvalue weighted by Crippen LogP contribution is -2.03. The van der Waals surface area contributed by atoms with Crippen LogP contribution in [0.5, 0.6) is 0 Å². The SMILES string of the molecule is Cc1ccc(S(=O)(=O)c2ccc3c(c2)Sc2ccccc2S3)cc1. The summed E-state index contributed by atoms with van der Waals surface area (Å²) in [6.45, 7) is 1.95. The van der Waals surface area contributed by atoms with Crippen LogP contribution in [0.25, 0.3) is 0 Å². The van der Waals surface area contributed by atoms with Gasteiger partial charge in [-0.1, -0.05) is 53.4 Å². The van der Waals surface area contributed by atoms with Crippen LogP contribution in [0.15, 0.2) is 96.1 Å². The maximum Gasteiger partial charge on any atom is 0.206 e. The van der Waals surface area contributed by atoms with E-state index in [1.807, 2.05) is 37.3 Å². The van der Waals surface area contributed by atoms with Crippen molar-refractivity contribution in [1.82, 2.24) is 0 Å². The monoisotopic (exact) mass is 370 g/mol. The molecule has 0 unspecified atom stereocenters. The topological polar surface area (TPSA) is 34.1 Å². The van der Waals surface area contributed by atoms with Gasteiger partial charge < -0.3 is 0 Å². The molecule has 0 saturated carbocycles. The van der Waals surface area contributed by atoms with Gasteiger partial charge in [-0.15, -0.1) is 0 Å². The van der Waals surface area contributed by atoms with Crippen LogP contribution in [0.3, 0.4) is 0 Å². The summed E-state index contributed by atoms with van der Waals surface area (Å²) < 4.78 is 25.7. The Balaban J connectivity index is 1.75. The minimum atomic E-state index is -3.49. The molecular formula is C19H14O2S3. The summed E-state index contributed by atoms with van der Waals surface area (Å²) in [4.78, 5) is 5.15. The van der Waals surface area contributed by atoms with Crippen LogP contribution in [0.2, 0.25) is 0 Å². The smallest absolute Gasteiger partial charge is 0.206 e. The zero-order valence-corrected chi connectivity index (χ0v) is 15.3. The molecule has 0 atom stereocenters. The second kappa shape index (κ2) is 5.99. The molecular weight excluding hydrogens is 356 g/mol. The highest BCUT2D eigenvalue weighted by Crippen LogP contribution is 2.48. The number of sulfone groups is 1. The van der Waals surface area contributed by atoms with Crippen molar-refractivity contribution < 1.29 is 8.42 Å². The molecule has 0 radical (unpaired) electrons. The van der Waals surface area contributed by atoms with E-state index in [1.165, 1.54) is 9.79 Å². The average Bonchev–Trinajstić information content (AvgIpc) is 2.59. The van der Waals surface area contributed by atoms with Crippen LogP contribution in [0, 0.1) is 6.92 Å². The molecule has 0 spiro atoms. The van der Waals surface area contributed by atoms with Crippen LogP contribution in [-0.2, 0) is 9.84 Å². The molecule has 3 aromatic rings. The molecule has 0 aliphatic carbocycles. The van der Waals surface area contributed by atoms with E-state index in [0.29, 0.717) is 9.79 Å². The first kappa shape index (κ1) is 15.8. The highest BCUT2D eigenvalue weighted by molar-refractivity contribution is 8.05. The highest BCUT2D eigenvalue weighted by Gasteiger charge is 2.22. The molecule has 1 aliphatic heterocycles. The van der Waals surface area contributed by atoms with Gasteiger partial charge in [0.15, 0.2) is 0 Å². The van der Waals surface area contributed by atoms with Crippen LogP contribution in [0.1, 0.15) is 5.56 Å². The van der Waals surface area contributed by atoms with E-state index in [9.17, 15) is 8.42 Å². The van der Waals surface area contributed by atoms with Gasteiger partial charge in [-0.25, -0.2) is 8.42 Å². The molecule has 0 aromatic heterocycles. The molecule has 0 bridgehead atoms. The Hall–Kier alpha value is -1.69. The normalized spacial score (nSPS) is 13.2. The van der Waals surface area contributed by atoms with Crippen molar-refractivity contribution >= 4 is 33.4 Å². The Bertz CT molecular complexity index is 1020. The van der Waals surface area contributed by atoms with Gasteiger partial charge >= 0.3 is 0 Å². The molecule has 0 N–H and O–H groups in total. The fourth-order valence-corrected chi connectivity index (χ4v) is 6.14. The standard InChI is InChI=1S/C19H14O2S3/c1-13-6-8-14(9-7-13)24(20,21)15-10-11-18-19(12-15)23-17-5-3-2-4-16(17)22-18/h2-12H,1H3. The molecule has 0 amide bonds. The molecule has 1 aliphatic rings. The summed E-state index contributed by atoms with van der Waals surface area (Å²) in [5, 5.41) is 0. The Kier molecular flexibility index (Phi) is 3.95.